The van der Waals surface area contributed by atoms with Crippen molar-refractivity contribution in [3.05, 3.63) is 28.2 Å². The van der Waals surface area contributed by atoms with E-state index in [1.165, 1.54) is 16.8 Å². The highest BCUT2D eigenvalue weighted by atomic mass is 16.2. The number of carbonyl (C=O) groups is 1. The van der Waals surface area contributed by atoms with Gasteiger partial charge in [-0.15, -0.1) is 0 Å². The van der Waals surface area contributed by atoms with E-state index in [2.05, 4.69) is 12.0 Å². The van der Waals surface area contributed by atoms with Crippen LogP contribution in [0.2, 0.25) is 0 Å². The van der Waals surface area contributed by atoms with E-state index in [0.717, 1.165) is 19.4 Å². The average Bonchev–Trinajstić information content (AvgIpc) is 2.33. The lowest BCUT2D eigenvalue weighted by Gasteiger charge is -2.20. The summed E-state index contributed by atoms with van der Waals surface area (Å²) >= 11 is 0. The number of aryl methyl sites for hydroxylation is 1. The zero-order valence-electron chi connectivity index (χ0n) is 10.6. The molecule has 0 aliphatic heterocycles. The fraction of sp³-hybridized carbons (Fsp3) is 0.583. The molecule has 0 N–H and O–H groups in total. The molecule has 0 aliphatic carbocycles. The summed E-state index contributed by atoms with van der Waals surface area (Å²) < 4.78 is 1.18. The van der Waals surface area contributed by atoms with E-state index in [-0.39, 0.29) is 11.5 Å². The highest BCUT2D eigenvalue weighted by Gasteiger charge is 2.15. The minimum Gasteiger partial charge on any atom is -0.338 e. The topological polar surface area (TPSA) is 55.2 Å². The van der Waals surface area contributed by atoms with Crippen LogP contribution in [0, 0.1) is 0 Å². The van der Waals surface area contributed by atoms with Gasteiger partial charge in [0.1, 0.15) is 5.69 Å². The first kappa shape index (κ1) is 13.4. The second-order valence-corrected chi connectivity index (χ2v) is 3.92. The number of hydrogen-bond acceptors (Lipinski definition) is 3. The van der Waals surface area contributed by atoms with Gasteiger partial charge in [0.15, 0.2) is 0 Å². The van der Waals surface area contributed by atoms with Gasteiger partial charge in [-0.1, -0.05) is 13.3 Å². The van der Waals surface area contributed by atoms with Crippen molar-refractivity contribution in [2.45, 2.75) is 26.7 Å². The second-order valence-electron chi connectivity index (χ2n) is 3.92. The molecule has 0 radical (unpaired) electrons. The van der Waals surface area contributed by atoms with Crippen LogP contribution >= 0.6 is 0 Å². The van der Waals surface area contributed by atoms with Crippen LogP contribution in [0.15, 0.2) is 16.9 Å². The van der Waals surface area contributed by atoms with Gasteiger partial charge in [-0.3, -0.25) is 9.59 Å². The largest absolute Gasteiger partial charge is 0.338 e. The van der Waals surface area contributed by atoms with Crippen LogP contribution in [0.4, 0.5) is 0 Å². The summed E-state index contributed by atoms with van der Waals surface area (Å²) in [6, 6.07) is 2.85. The molecule has 1 rings (SSSR count). The van der Waals surface area contributed by atoms with Gasteiger partial charge in [-0.25, -0.2) is 4.68 Å². The molecule has 0 unspecified atom stereocenters. The molecule has 0 bridgehead atoms. The number of carbonyl (C=O) groups excluding carboxylic acids is 1. The molecule has 0 saturated carbocycles. The highest BCUT2D eigenvalue weighted by Crippen LogP contribution is 2.02. The molecule has 0 saturated heterocycles. The number of hydrogen-bond donors (Lipinski definition) is 0. The van der Waals surface area contributed by atoms with E-state index in [1.54, 1.807) is 11.9 Å². The number of aromatic nitrogens is 2. The Morgan fingerprint density at radius 3 is 2.65 bits per heavy atom. The lowest BCUT2D eigenvalue weighted by molar-refractivity contribution is 0.0754. The third-order valence-electron chi connectivity index (χ3n) is 2.63. The van der Waals surface area contributed by atoms with E-state index in [0.29, 0.717) is 12.2 Å². The Morgan fingerprint density at radius 2 is 2.12 bits per heavy atom. The molecule has 1 amide bonds. The summed E-state index contributed by atoms with van der Waals surface area (Å²) in [5.41, 5.74) is 0.114. The van der Waals surface area contributed by atoms with Crippen molar-refractivity contribution in [1.82, 2.24) is 14.7 Å². The monoisotopic (exact) mass is 237 g/mol. The molecule has 0 aliphatic rings. The standard InChI is InChI=1S/C12H19N3O2/c1-4-6-9-15(5-2)12(17)10-7-8-11(16)14(3)13-10/h7-8H,4-6,9H2,1-3H3. The molecule has 5 nitrogen and oxygen atoms in total. The Labute approximate surface area is 101 Å². The fourth-order valence-electron chi connectivity index (χ4n) is 1.53. The van der Waals surface area contributed by atoms with Gasteiger partial charge in [0.2, 0.25) is 0 Å². The zero-order valence-corrected chi connectivity index (χ0v) is 10.6. The molecule has 94 valence electrons. The summed E-state index contributed by atoms with van der Waals surface area (Å²) in [5.74, 6) is -0.114. The molecular weight excluding hydrogens is 218 g/mol. The molecule has 1 aromatic rings. The maximum absolute atomic E-state index is 12.1. The van der Waals surface area contributed by atoms with E-state index in [4.69, 9.17) is 0 Å². The van der Waals surface area contributed by atoms with Gasteiger partial charge >= 0.3 is 0 Å². The number of rotatable bonds is 5. The van der Waals surface area contributed by atoms with Crippen LogP contribution in [0.25, 0.3) is 0 Å². The van der Waals surface area contributed by atoms with Gasteiger partial charge in [-0.2, -0.15) is 5.10 Å². The lowest BCUT2D eigenvalue weighted by Crippen LogP contribution is -2.34. The van der Waals surface area contributed by atoms with Crippen LogP contribution in [0.3, 0.4) is 0 Å². The minimum absolute atomic E-state index is 0.114. The molecule has 0 spiro atoms. The SMILES string of the molecule is CCCCN(CC)C(=O)c1ccc(=O)n(C)n1. The maximum Gasteiger partial charge on any atom is 0.274 e. The first-order chi connectivity index (χ1) is 8.10. The van der Waals surface area contributed by atoms with Crippen LogP contribution in [-0.2, 0) is 7.05 Å². The first-order valence-corrected chi connectivity index (χ1v) is 5.93. The second kappa shape index (κ2) is 6.18. The van der Waals surface area contributed by atoms with Crippen molar-refractivity contribution in [2.24, 2.45) is 7.05 Å². The molecule has 0 aromatic carbocycles. The van der Waals surface area contributed by atoms with Gasteiger partial charge < -0.3 is 4.90 Å². The Hall–Kier alpha value is -1.65. The molecular formula is C12H19N3O2. The van der Waals surface area contributed by atoms with Gasteiger partial charge in [0.25, 0.3) is 11.5 Å². The van der Waals surface area contributed by atoms with Crippen LogP contribution in [0.5, 0.6) is 0 Å². The predicted octanol–water partition coefficient (Wildman–Crippen LogP) is 1.04. The van der Waals surface area contributed by atoms with Crippen molar-refractivity contribution in [3.8, 4) is 0 Å². The van der Waals surface area contributed by atoms with Crippen molar-refractivity contribution in [1.29, 1.82) is 0 Å². The summed E-state index contributed by atoms with van der Waals surface area (Å²) in [4.78, 5) is 25.0. The summed E-state index contributed by atoms with van der Waals surface area (Å²) in [7, 11) is 1.54. The number of unbranched alkanes of at least 4 members (excludes halogenated alkanes) is 1. The van der Waals surface area contributed by atoms with E-state index in [9.17, 15) is 9.59 Å². The van der Waals surface area contributed by atoms with Crippen LogP contribution < -0.4 is 5.56 Å². The van der Waals surface area contributed by atoms with Crippen LogP contribution in [0.1, 0.15) is 37.2 Å². The van der Waals surface area contributed by atoms with E-state index < -0.39 is 0 Å². The Bertz CT molecular complexity index is 440. The lowest BCUT2D eigenvalue weighted by atomic mass is 10.3. The molecule has 0 atom stereocenters. The summed E-state index contributed by atoms with van der Waals surface area (Å²) in [5, 5.41) is 3.96. The minimum atomic E-state index is -0.210. The average molecular weight is 237 g/mol. The van der Waals surface area contributed by atoms with Crippen molar-refractivity contribution >= 4 is 5.91 Å². The van der Waals surface area contributed by atoms with Gasteiger partial charge in [0, 0.05) is 26.2 Å². The van der Waals surface area contributed by atoms with Gasteiger partial charge in [0.05, 0.1) is 0 Å². The van der Waals surface area contributed by atoms with Crippen LogP contribution in [-0.4, -0.2) is 33.7 Å². The van der Waals surface area contributed by atoms with E-state index >= 15 is 0 Å². The molecule has 1 heterocycles. The summed E-state index contributed by atoms with van der Waals surface area (Å²) in [6.07, 6.45) is 2.02. The quantitative estimate of drug-likeness (QED) is 0.769. The highest BCUT2D eigenvalue weighted by molar-refractivity contribution is 5.92. The van der Waals surface area contributed by atoms with Crippen molar-refractivity contribution < 1.29 is 4.79 Å². The smallest absolute Gasteiger partial charge is 0.274 e. The van der Waals surface area contributed by atoms with Gasteiger partial charge in [-0.05, 0) is 19.4 Å². The first-order valence-electron chi connectivity index (χ1n) is 5.93. The Balaban J connectivity index is 2.86. The molecule has 0 fully saturated rings. The molecule has 1 aromatic heterocycles. The third-order valence-corrected chi connectivity index (χ3v) is 2.63. The molecule has 17 heavy (non-hydrogen) atoms. The van der Waals surface area contributed by atoms with E-state index in [1.807, 2.05) is 6.92 Å². The Kier molecular flexibility index (Phi) is 4.87. The normalized spacial score (nSPS) is 10.3. The van der Waals surface area contributed by atoms with Crippen molar-refractivity contribution in [3.63, 3.8) is 0 Å². The third kappa shape index (κ3) is 3.41. The number of nitrogens with zero attached hydrogens (tertiary/aromatic N) is 3. The summed E-state index contributed by atoms with van der Waals surface area (Å²) in [6.45, 7) is 5.41. The fourth-order valence-corrected chi connectivity index (χ4v) is 1.53. The Morgan fingerprint density at radius 1 is 1.41 bits per heavy atom. The molecule has 5 heteroatoms. The zero-order chi connectivity index (χ0) is 12.8. The maximum atomic E-state index is 12.1. The predicted molar refractivity (Wildman–Crippen MR) is 66.0 cm³/mol. The van der Waals surface area contributed by atoms with Crippen molar-refractivity contribution in [2.75, 3.05) is 13.1 Å². The number of amides is 1.